The van der Waals surface area contributed by atoms with Gasteiger partial charge in [-0.25, -0.2) is 0 Å². The van der Waals surface area contributed by atoms with E-state index in [1.165, 1.54) is 26.9 Å². The van der Waals surface area contributed by atoms with Crippen molar-refractivity contribution in [3.63, 3.8) is 0 Å². The van der Waals surface area contributed by atoms with Gasteiger partial charge in [0, 0.05) is 11.3 Å². The summed E-state index contributed by atoms with van der Waals surface area (Å²) in [6.07, 6.45) is 0. The zero-order valence-electron chi connectivity index (χ0n) is 14.6. The molecule has 0 saturated carbocycles. The molecule has 27 heavy (non-hydrogen) atoms. The summed E-state index contributed by atoms with van der Waals surface area (Å²) in [5.74, 6) is -0.0972. The number of rotatable bonds is 2. The van der Waals surface area contributed by atoms with Gasteiger partial charge in [-0.3, -0.25) is 4.79 Å². The molecular formula is C25H17NO. The first-order valence-corrected chi connectivity index (χ1v) is 9.01. The first-order valence-electron chi connectivity index (χ1n) is 9.01. The van der Waals surface area contributed by atoms with Crippen molar-refractivity contribution < 1.29 is 4.79 Å². The molecule has 0 fully saturated rings. The van der Waals surface area contributed by atoms with Crippen LogP contribution in [-0.2, 0) is 0 Å². The molecule has 0 aliphatic heterocycles. The predicted octanol–water partition coefficient (Wildman–Crippen LogP) is 6.40. The molecule has 0 aliphatic rings. The van der Waals surface area contributed by atoms with E-state index >= 15 is 0 Å². The minimum Gasteiger partial charge on any atom is -0.322 e. The second kappa shape index (κ2) is 6.26. The number of nitrogens with one attached hydrogen (secondary N) is 1. The van der Waals surface area contributed by atoms with Gasteiger partial charge in [0.2, 0.25) is 0 Å². The van der Waals surface area contributed by atoms with Crippen LogP contribution in [-0.4, -0.2) is 5.91 Å². The maximum atomic E-state index is 12.5. The molecule has 0 heterocycles. The monoisotopic (exact) mass is 347 g/mol. The van der Waals surface area contributed by atoms with Crippen molar-refractivity contribution in [1.82, 2.24) is 0 Å². The van der Waals surface area contributed by atoms with E-state index in [9.17, 15) is 4.79 Å². The van der Waals surface area contributed by atoms with Crippen molar-refractivity contribution >= 4 is 43.9 Å². The topological polar surface area (TPSA) is 29.1 Å². The lowest BCUT2D eigenvalue weighted by molar-refractivity contribution is 0.102. The van der Waals surface area contributed by atoms with E-state index in [2.05, 4.69) is 66.0 Å². The molecule has 1 amide bonds. The van der Waals surface area contributed by atoms with Gasteiger partial charge in [0.15, 0.2) is 0 Å². The van der Waals surface area contributed by atoms with Gasteiger partial charge < -0.3 is 5.32 Å². The van der Waals surface area contributed by atoms with Crippen molar-refractivity contribution in [3.8, 4) is 0 Å². The third-order valence-corrected chi connectivity index (χ3v) is 5.04. The molecular weight excluding hydrogens is 330 g/mol. The highest BCUT2D eigenvalue weighted by molar-refractivity contribution is 6.25. The van der Waals surface area contributed by atoms with Crippen LogP contribution in [0.5, 0.6) is 0 Å². The van der Waals surface area contributed by atoms with Gasteiger partial charge in [-0.1, -0.05) is 72.8 Å². The number of hydrogen-bond donors (Lipinski definition) is 1. The van der Waals surface area contributed by atoms with Crippen LogP contribution in [0.15, 0.2) is 97.1 Å². The molecule has 2 heteroatoms. The summed E-state index contributed by atoms with van der Waals surface area (Å²) in [6.45, 7) is 0. The highest BCUT2D eigenvalue weighted by Gasteiger charge is 2.10. The summed E-state index contributed by atoms with van der Waals surface area (Å²) in [5, 5.41) is 10.3. The normalized spacial score (nSPS) is 11.1. The Kier molecular flexibility index (Phi) is 3.61. The first-order chi connectivity index (χ1) is 13.3. The lowest BCUT2D eigenvalue weighted by atomic mass is 9.94. The molecule has 0 atom stereocenters. The Morgan fingerprint density at radius 1 is 0.519 bits per heavy atom. The molecule has 5 aromatic rings. The Bertz CT molecular complexity index is 1270. The third-order valence-electron chi connectivity index (χ3n) is 5.04. The highest BCUT2D eigenvalue weighted by atomic mass is 16.1. The summed E-state index contributed by atoms with van der Waals surface area (Å²) in [4.78, 5) is 12.5. The van der Waals surface area contributed by atoms with Crippen LogP contribution in [0.2, 0.25) is 0 Å². The number of fused-ring (bicyclic) bond motifs is 6. The quantitative estimate of drug-likeness (QED) is 0.368. The number of carbonyl (C=O) groups excluding carboxylic acids is 1. The number of anilines is 1. The van der Waals surface area contributed by atoms with Gasteiger partial charge in [-0.2, -0.15) is 0 Å². The minimum atomic E-state index is -0.0972. The fraction of sp³-hybridized carbons (Fsp3) is 0. The van der Waals surface area contributed by atoms with E-state index in [1.54, 1.807) is 0 Å². The van der Waals surface area contributed by atoms with Crippen LogP contribution in [0.3, 0.4) is 0 Å². The van der Waals surface area contributed by atoms with Gasteiger partial charge in [0.25, 0.3) is 5.91 Å². The van der Waals surface area contributed by atoms with Crippen molar-refractivity contribution in [3.05, 3.63) is 103 Å². The zero-order valence-corrected chi connectivity index (χ0v) is 14.6. The van der Waals surface area contributed by atoms with E-state index in [-0.39, 0.29) is 5.91 Å². The predicted molar refractivity (Wildman–Crippen MR) is 113 cm³/mol. The van der Waals surface area contributed by atoms with Crippen LogP contribution in [0.4, 0.5) is 5.69 Å². The molecule has 1 N–H and O–H groups in total. The summed E-state index contributed by atoms with van der Waals surface area (Å²) in [5.41, 5.74) is 1.46. The Labute approximate surface area is 157 Å². The van der Waals surface area contributed by atoms with Crippen LogP contribution < -0.4 is 5.32 Å². The molecule has 0 aromatic heterocycles. The van der Waals surface area contributed by atoms with E-state index in [1.807, 2.05) is 36.4 Å². The van der Waals surface area contributed by atoms with Gasteiger partial charge in [-0.05, 0) is 56.6 Å². The molecule has 0 unspecified atom stereocenters. The van der Waals surface area contributed by atoms with Crippen molar-refractivity contribution in [2.75, 3.05) is 5.32 Å². The molecule has 128 valence electrons. The smallest absolute Gasteiger partial charge is 0.255 e. The minimum absolute atomic E-state index is 0.0972. The third kappa shape index (κ3) is 2.63. The van der Waals surface area contributed by atoms with Gasteiger partial charge in [-0.15, -0.1) is 0 Å². The number of carbonyl (C=O) groups is 1. The number of hydrogen-bond acceptors (Lipinski definition) is 1. The second-order valence-electron chi connectivity index (χ2n) is 6.67. The Hall–Kier alpha value is -3.65. The van der Waals surface area contributed by atoms with Gasteiger partial charge in [0.1, 0.15) is 0 Å². The van der Waals surface area contributed by atoms with E-state index in [4.69, 9.17) is 0 Å². The first kappa shape index (κ1) is 15.6. The van der Waals surface area contributed by atoms with E-state index < -0.39 is 0 Å². The SMILES string of the molecule is O=C(Nc1ccc2c3ccccc3c3ccccc3c2c1)c1ccccc1. The lowest BCUT2D eigenvalue weighted by Gasteiger charge is -2.12. The summed E-state index contributed by atoms with van der Waals surface area (Å²) < 4.78 is 0. The molecule has 0 radical (unpaired) electrons. The molecule has 0 spiro atoms. The Balaban J connectivity index is 1.71. The lowest BCUT2D eigenvalue weighted by Crippen LogP contribution is -2.11. The molecule has 0 aliphatic carbocycles. The maximum absolute atomic E-state index is 12.5. The summed E-state index contributed by atoms with van der Waals surface area (Å²) >= 11 is 0. The Morgan fingerprint density at radius 2 is 1.00 bits per heavy atom. The average molecular weight is 347 g/mol. The highest BCUT2D eigenvalue weighted by Crippen LogP contribution is 2.36. The van der Waals surface area contributed by atoms with Crippen molar-refractivity contribution in [1.29, 1.82) is 0 Å². The summed E-state index contributed by atoms with van der Waals surface area (Å²) in [6, 6.07) is 32.4. The second-order valence-corrected chi connectivity index (χ2v) is 6.67. The van der Waals surface area contributed by atoms with Gasteiger partial charge in [0.05, 0.1) is 0 Å². The van der Waals surface area contributed by atoms with Crippen LogP contribution in [0, 0.1) is 0 Å². The molecule has 5 aromatic carbocycles. The molecule has 0 bridgehead atoms. The molecule has 5 rings (SSSR count). The Morgan fingerprint density at radius 3 is 1.59 bits per heavy atom. The largest absolute Gasteiger partial charge is 0.322 e. The zero-order chi connectivity index (χ0) is 18.2. The van der Waals surface area contributed by atoms with Crippen molar-refractivity contribution in [2.24, 2.45) is 0 Å². The summed E-state index contributed by atoms with van der Waals surface area (Å²) in [7, 11) is 0. The fourth-order valence-corrected chi connectivity index (χ4v) is 3.78. The molecule has 0 saturated heterocycles. The van der Waals surface area contributed by atoms with Crippen molar-refractivity contribution in [2.45, 2.75) is 0 Å². The van der Waals surface area contributed by atoms with Crippen LogP contribution >= 0.6 is 0 Å². The maximum Gasteiger partial charge on any atom is 0.255 e. The van der Waals surface area contributed by atoms with Crippen LogP contribution in [0.25, 0.3) is 32.3 Å². The van der Waals surface area contributed by atoms with Gasteiger partial charge >= 0.3 is 0 Å². The van der Waals surface area contributed by atoms with Crippen LogP contribution in [0.1, 0.15) is 10.4 Å². The number of benzene rings is 5. The fourth-order valence-electron chi connectivity index (χ4n) is 3.78. The standard InChI is InChI=1S/C25H17NO/c27-25(17-8-2-1-3-9-17)26-18-14-15-23-21-12-5-4-10-19(21)20-11-6-7-13-22(20)24(23)16-18/h1-16H,(H,26,27). The molecule has 2 nitrogen and oxygen atoms in total. The van der Waals surface area contributed by atoms with E-state index in [0.29, 0.717) is 5.56 Å². The van der Waals surface area contributed by atoms with E-state index in [0.717, 1.165) is 11.1 Å². The average Bonchev–Trinajstić information content (AvgIpc) is 2.74. The number of amides is 1.